The summed E-state index contributed by atoms with van der Waals surface area (Å²) in [4.78, 5) is 0. The molecule has 0 aliphatic heterocycles. The Kier molecular flexibility index (Phi) is 4.62. The van der Waals surface area contributed by atoms with Crippen molar-refractivity contribution in [2.75, 3.05) is 0 Å². The van der Waals surface area contributed by atoms with Crippen molar-refractivity contribution < 1.29 is 5.11 Å². The number of fused-ring (bicyclic) bond motifs is 1. The van der Waals surface area contributed by atoms with Crippen LogP contribution < -0.4 is 5.32 Å². The summed E-state index contributed by atoms with van der Waals surface area (Å²) in [6, 6.07) is 18.7. The van der Waals surface area contributed by atoms with Crippen LogP contribution in [0.15, 0.2) is 54.6 Å². The molecule has 0 amide bonds. The summed E-state index contributed by atoms with van der Waals surface area (Å²) >= 11 is 0. The van der Waals surface area contributed by atoms with Crippen molar-refractivity contribution in [1.82, 2.24) is 15.1 Å². The van der Waals surface area contributed by atoms with Gasteiger partial charge in [0.15, 0.2) is 0 Å². The van der Waals surface area contributed by atoms with E-state index < -0.39 is 0 Å². The number of hydrogen-bond donors (Lipinski definition) is 2. The van der Waals surface area contributed by atoms with Gasteiger partial charge in [0.05, 0.1) is 24.4 Å². The molecule has 4 nitrogen and oxygen atoms in total. The van der Waals surface area contributed by atoms with Crippen molar-refractivity contribution >= 4 is 0 Å². The molecule has 0 spiro atoms. The number of hydrogen-bond acceptors (Lipinski definition) is 3. The molecule has 0 fully saturated rings. The lowest BCUT2D eigenvalue weighted by molar-refractivity contribution is 0.140. The first-order valence-corrected chi connectivity index (χ1v) is 9.19. The lowest BCUT2D eigenvalue weighted by Gasteiger charge is -2.18. The summed E-state index contributed by atoms with van der Waals surface area (Å²) in [7, 11) is 0. The minimum atomic E-state index is -0.368. The summed E-state index contributed by atoms with van der Waals surface area (Å²) < 4.78 is 2.07. The quantitative estimate of drug-likeness (QED) is 0.745. The lowest BCUT2D eigenvalue weighted by atomic mass is 10.1. The maximum absolute atomic E-state index is 10.4. The van der Waals surface area contributed by atoms with Crippen molar-refractivity contribution in [2.45, 2.75) is 45.5 Å². The zero-order chi connectivity index (χ0) is 18.1. The van der Waals surface area contributed by atoms with Gasteiger partial charge in [0.25, 0.3) is 0 Å². The average Bonchev–Trinajstić information content (AvgIpc) is 3.10. The van der Waals surface area contributed by atoms with Crippen LogP contribution in [-0.2, 0) is 19.5 Å². The van der Waals surface area contributed by atoms with Gasteiger partial charge in [0.2, 0.25) is 0 Å². The first-order chi connectivity index (χ1) is 12.6. The minimum absolute atomic E-state index is 0.0116. The molecule has 0 saturated carbocycles. The maximum atomic E-state index is 10.4. The second kappa shape index (κ2) is 7.06. The second-order valence-corrected chi connectivity index (χ2v) is 7.12. The molecule has 134 valence electrons. The first-order valence-electron chi connectivity index (χ1n) is 9.19. The maximum Gasteiger partial charge on any atom is 0.0775 e. The van der Waals surface area contributed by atoms with Crippen LogP contribution in [0.3, 0.4) is 0 Å². The highest BCUT2D eigenvalue weighted by Crippen LogP contribution is 2.31. The molecule has 4 rings (SSSR count). The fourth-order valence-electron chi connectivity index (χ4n) is 3.93. The smallest absolute Gasteiger partial charge is 0.0775 e. The normalized spacial score (nSPS) is 18.9. The molecule has 2 N–H and O–H groups in total. The Balaban J connectivity index is 1.51. The average molecular weight is 347 g/mol. The van der Waals surface area contributed by atoms with Crippen molar-refractivity contribution in [1.29, 1.82) is 0 Å². The highest BCUT2D eigenvalue weighted by atomic mass is 16.3. The molecule has 2 atom stereocenters. The standard InChI is InChI=1S/C22H25N3O/c1-15-20(16(2)25(24-15)14-17-8-4-3-5-9-17)13-23-22-19-11-7-6-10-18(19)12-21(22)26/h3-11,21-23,26H,12-14H2,1-2H3/t21-,22+/m0/s1. The Hall–Kier alpha value is -2.43. The largest absolute Gasteiger partial charge is 0.391 e. The molecular weight excluding hydrogens is 322 g/mol. The number of aliphatic hydroxyl groups excluding tert-OH is 1. The predicted octanol–water partition coefficient (Wildman–Crippen LogP) is 3.30. The summed E-state index contributed by atoms with van der Waals surface area (Å²) in [6.45, 7) is 5.68. The topological polar surface area (TPSA) is 50.1 Å². The van der Waals surface area contributed by atoms with Gasteiger partial charge in [-0.05, 0) is 30.5 Å². The highest BCUT2D eigenvalue weighted by molar-refractivity contribution is 5.37. The molecule has 4 heteroatoms. The van der Waals surface area contributed by atoms with Crippen LogP contribution in [-0.4, -0.2) is 21.0 Å². The van der Waals surface area contributed by atoms with Crippen LogP contribution in [0, 0.1) is 13.8 Å². The van der Waals surface area contributed by atoms with E-state index in [-0.39, 0.29) is 12.1 Å². The van der Waals surface area contributed by atoms with Crippen molar-refractivity contribution in [3.8, 4) is 0 Å². The summed E-state index contributed by atoms with van der Waals surface area (Å²) in [5, 5.41) is 18.7. The summed E-state index contributed by atoms with van der Waals surface area (Å²) in [5.41, 5.74) is 7.15. The van der Waals surface area contributed by atoms with Gasteiger partial charge in [-0.15, -0.1) is 0 Å². The monoisotopic (exact) mass is 347 g/mol. The van der Waals surface area contributed by atoms with E-state index in [4.69, 9.17) is 5.10 Å². The Morgan fingerprint density at radius 1 is 1.08 bits per heavy atom. The van der Waals surface area contributed by atoms with Gasteiger partial charge < -0.3 is 10.4 Å². The Morgan fingerprint density at radius 3 is 2.62 bits per heavy atom. The fraction of sp³-hybridized carbons (Fsp3) is 0.318. The number of aryl methyl sites for hydroxylation is 1. The van der Waals surface area contributed by atoms with Crippen LogP contribution in [0.1, 0.15) is 39.7 Å². The molecule has 26 heavy (non-hydrogen) atoms. The van der Waals surface area contributed by atoms with Gasteiger partial charge in [0.1, 0.15) is 0 Å². The van der Waals surface area contributed by atoms with Gasteiger partial charge in [-0.2, -0.15) is 5.10 Å². The van der Waals surface area contributed by atoms with Crippen LogP contribution in [0.4, 0.5) is 0 Å². The number of nitrogens with one attached hydrogen (secondary N) is 1. The minimum Gasteiger partial charge on any atom is -0.391 e. The van der Waals surface area contributed by atoms with Gasteiger partial charge in [-0.1, -0.05) is 54.6 Å². The third-order valence-corrected chi connectivity index (χ3v) is 5.41. The molecule has 1 aromatic heterocycles. The number of nitrogens with zero attached hydrogens (tertiary/aromatic N) is 2. The predicted molar refractivity (Wildman–Crippen MR) is 103 cm³/mol. The van der Waals surface area contributed by atoms with E-state index in [1.54, 1.807) is 0 Å². The fourth-order valence-corrected chi connectivity index (χ4v) is 3.93. The van der Waals surface area contributed by atoms with Gasteiger partial charge >= 0.3 is 0 Å². The first kappa shape index (κ1) is 17.0. The van der Waals surface area contributed by atoms with Crippen LogP contribution in [0.5, 0.6) is 0 Å². The van der Waals surface area contributed by atoms with Gasteiger partial charge in [0, 0.05) is 24.2 Å². The van der Waals surface area contributed by atoms with Gasteiger partial charge in [-0.25, -0.2) is 0 Å². The second-order valence-electron chi connectivity index (χ2n) is 7.12. The molecule has 1 heterocycles. The Labute approximate surface area is 154 Å². The van der Waals surface area contributed by atoms with E-state index in [9.17, 15) is 5.11 Å². The van der Waals surface area contributed by atoms with E-state index in [1.165, 1.54) is 27.9 Å². The Morgan fingerprint density at radius 2 is 1.81 bits per heavy atom. The lowest BCUT2D eigenvalue weighted by Crippen LogP contribution is -2.28. The van der Waals surface area contributed by atoms with E-state index in [2.05, 4.69) is 60.2 Å². The summed E-state index contributed by atoms with van der Waals surface area (Å²) in [5.74, 6) is 0. The number of benzene rings is 2. The third-order valence-electron chi connectivity index (χ3n) is 5.41. The summed E-state index contributed by atoms with van der Waals surface area (Å²) in [6.07, 6.45) is 0.353. The van der Waals surface area contributed by atoms with E-state index in [0.29, 0.717) is 6.54 Å². The third kappa shape index (κ3) is 3.18. The number of rotatable bonds is 5. The van der Waals surface area contributed by atoms with E-state index in [0.717, 1.165) is 18.7 Å². The van der Waals surface area contributed by atoms with Crippen LogP contribution in [0.2, 0.25) is 0 Å². The van der Waals surface area contributed by atoms with Crippen molar-refractivity contribution in [3.05, 3.63) is 88.2 Å². The van der Waals surface area contributed by atoms with Crippen LogP contribution >= 0.6 is 0 Å². The van der Waals surface area contributed by atoms with Crippen LogP contribution in [0.25, 0.3) is 0 Å². The molecule has 0 unspecified atom stereocenters. The van der Waals surface area contributed by atoms with E-state index in [1.807, 2.05) is 18.2 Å². The zero-order valence-electron chi connectivity index (χ0n) is 15.3. The molecule has 1 aliphatic rings. The molecule has 0 saturated heterocycles. The molecule has 0 radical (unpaired) electrons. The van der Waals surface area contributed by atoms with Gasteiger partial charge in [-0.3, -0.25) is 4.68 Å². The Bertz CT molecular complexity index is 901. The number of aromatic nitrogens is 2. The zero-order valence-corrected chi connectivity index (χ0v) is 15.3. The highest BCUT2D eigenvalue weighted by Gasteiger charge is 2.30. The van der Waals surface area contributed by atoms with E-state index >= 15 is 0 Å². The molecule has 3 aromatic rings. The molecule has 0 bridgehead atoms. The molecule has 1 aliphatic carbocycles. The van der Waals surface area contributed by atoms with Crippen molar-refractivity contribution in [2.24, 2.45) is 0 Å². The van der Waals surface area contributed by atoms with Crippen molar-refractivity contribution in [3.63, 3.8) is 0 Å². The molecule has 2 aromatic carbocycles. The molecular formula is C22H25N3O. The number of aliphatic hydroxyl groups is 1. The SMILES string of the molecule is Cc1nn(Cc2ccccc2)c(C)c1CN[C@@H]1c2ccccc2C[C@@H]1O.